The zero-order valence-corrected chi connectivity index (χ0v) is 22.7. The molecule has 4 aromatic rings. The van der Waals surface area contributed by atoms with Gasteiger partial charge >= 0.3 is 0 Å². The van der Waals surface area contributed by atoms with Crippen molar-refractivity contribution >= 4 is 16.8 Å². The van der Waals surface area contributed by atoms with E-state index in [2.05, 4.69) is 50.2 Å². The van der Waals surface area contributed by atoms with Gasteiger partial charge in [-0.25, -0.2) is 0 Å². The maximum atomic E-state index is 11.8. The van der Waals surface area contributed by atoms with Gasteiger partial charge in [-0.15, -0.1) is 0 Å². The Hall–Kier alpha value is -3.53. The topological polar surface area (TPSA) is 48.7 Å². The zero-order valence-electron chi connectivity index (χ0n) is 22.7. The Bertz CT molecular complexity index is 1330. The molecule has 0 fully saturated rings. The number of carbonyl (C=O) groups is 1. The third kappa shape index (κ3) is 6.82. The molecule has 4 nitrogen and oxygen atoms in total. The maximum absolute atomic E-state index is 11.8. The van der Waals surface area contributed by atoms with Crippen LogP contribution in [0.5, 0.6) is 11.5 Å². The number of fused-ring (bicyclic) bond motifs is 1. The molecule has 1 heterocycles. The molecular formula is C33H38O4. The highest BCUT2D eigenvalue weighted by Crippen LogP contribution is 2.32. The maximum Gasteiger partial charge on any atom is 0.138 e. The van der Waals surface area contributed by atoms with Crippen molar-refractivity contribution < 1.29 is 18.7 Å². The van der Waals surface area contributed by atoms with Crippen LogP contribution in [0, 0.1) is 12.3 Å². The molecule has 0 spiro atoms. The van der Waals surface area contributed by atoms with Crippen LogP contribution in [0.3, 0.4) is 0 Å². The molecule has 194 valence electrons. The van der Waals surface area contributed by atoms with E-state index in [9.17, 15) is 4.79 Å². The van der Waals surface area contributed by atoms with Crippen molar-refractivity contribution in [2.45, 2.75) is 66.4 Å². The van der Waals surface area contributed by atoms with Crippen molar-refractivity contribution in [3.05, 3.63) is 95.2 Å². The number of benzene rings is 3. The molecule has 3 aromatic carbocycles. The summed E-state index contributed by atoms with van der Waals surface area (Å²) in [5, 5.41) is 1.07. The van der Waals surface area contributed by atoms with Gasteiger partial charge in [0.25, 0.3) is 0 Å². The van der Waals surface area contributed by atoms with Gasteiger partial charge in [-0.2, -0.15) is 0 Å². The fourth-order valence-corrected chi connectivity index (χ4v) is 4.40. The van der Waals surface area contributed by atoms with Gasteiger partial charge in [-0.3, -0.25) is 4.79 Å². The summed E-state index contributed by atoms with van der Waals surface area (Å²) in [5.41, 5.74) is 3.96. The van der Waals surface area contributed by atoms with E-state index in [1.807, 2.05) is 50.2 Å². The average Bonchev–Trinajstić information content (AvgIpc) is 3.30. The lowest BCUT2D eigenvalue weighted by Gasteiger charge is -2.23. The van der Waals surface area contributed by atoms with E-state index in [4.69, 9.17) is 13.9 Å². The first-order valence-electron chi connectivity index (χ1n) is 13.2. The van der Waals surface area contributed by atoms with Crippen LogP contribution in [0.15, 0.2) is 77.2 Å². The summed E-state index contributed by atoms with van der Waals surface area (Å²) in [6.07, 6.45) is 2.93. The van der Waals surface area contributed by atoms with Crippen LogP contribution in [-0.2, 0) is 17.8 Å². The molecule has 4 heteroatoms. The van der Waals surface area contributed by atoms with Crippen LogP contribution < -0.4 is 9.47 Å². The predicted molar refractivity (Wildman–Crippen MR) is 149 cm³/mol. The predicted octanol–water partition coefficient (Wildman–Crippen LogP) is 8.44. The molecule has 1 aromatic heterocycles. The third-order valence-electron chi connectivity index (χ3n) is 7.23. The van der Waals surface area contributed by atoms with Crippen LogP contribution in [0.4, 0.5) is 0 Å². The van der Waals surface area contributed by atoms with Gasteiger partial charge in [0.05, 0.1) is 5.41 Å². The molecule has 0 aliphatic carbocycles. The van der Waals surface area contributed by atoms with E-state index in [0.717, 1.165) is 58.6 Å². The molecule has 37 heavy (non-hydrogen) atoms. The molecule has 1 atom stereocenters. The summed E-state index contributed by atoms with van der Waals surface area (Å²) in [7, 11) is 0. The number of carbonyl (C=O) groups excluding carboxylic acids is 1. The molecule has 0 radical (unpaired) electrons. The Morgan fingerprint density at radius 3 is 2.46 bits per heavy atom. The van der Waals surface area contributed by atoms with E-state index in [-0.39, 0.29) is 5.78 Å². The summed E-state index contributed by atoms with van der Waals surface area (Å²) >= 11 is 0. The Labute approximate surface area is 220 Å². The molecular weight excluding hydrogens is 460 g/mol. The summed E-state index contributed by atoms with van der Waals surface area (Å²) in [5.74, 6) is 3.25. The highest BCUT2D eigenvalue weighted by molar-refractivity contribution is 5.81. The third-order valence-corrected chi connectivity index (χ3v) is 7.23. The largest absolute Gasteiger partial charge is 0.492 e. The fourth-order valence-electron chi connectivity index (χ4n) is 4.40. The Balaban J connectivity index is 1.37. The van der Waals surface area contributed by atoms with E-state index < -0.39 is 5.41 Å². The van der Waals surface area contributed by atoms with Crippen LogP contribution in [0.2, 0.25) is 0 Å². The number of Topliss-reactive ketones (excluding diaryl/α,β-unsaturated/α-hetero) is 1. The van der Waals surface area contributed by atoms with E-state index >= 15 is 0 Å². The molecule has 0 saturated carbocycles. The SMILES string of the molecule is CCC(CCc1cc2cc(OCc3ccccc3)ccc2o1)c1ccc(OCC(C)(C)C(C)=O)c(C)c1. The zero-order chi connectivity index (χ0) is 26.4. The number of rotatable bonds is 12. The summed E-state index contributed by atoms with van der Waals surface area (Å²) in [4.78, 5) is 11.8. The summed E-state index contributed by atoms with van der Waals surface area (Å²) in [6.45, 7) is 10.7. The van der Waals surface area contributed by atoms with E-state index in [1.165, 1.54) is 5.56 Å². The second-order valence-electron chi connectivity index (χ2n) is 10.6. The first kappa shape index (κ1) is 26.5. The lowest BCUT2D eigenvalue weighted by atomic mass is 9.89. The van der Waals surface area contributed by atoms with Crippen LogP contribution in [0.25, 0.3) is 11.0 Å². The van der Waals surface area contributed by atoms with Crippen molar-refractivity contribution in [2.75, 3.05) is 6.61 Å². The number of aryl methyl sites for hydroxylation is 2. The van der Waals surface area contributed by atoms with Crippen molar-refractivity contribution in [1.29, 1.82) is 0 Å². The van der Waals surface area contributed by atoms with Gasteiger partial charge in [0.15, 0.2) is 0 Å². The number of hydrogen-bond acceptors (Lipinski definition) is 4. The van der Waals surface area contributed by atoms with E-state index in [0.29, 0.717) is 19.1 Å². The van der Waals surface area contributed by atoms with Crippen molar-refractivity contribution in [3.63, 3.8) is 0 Å². The second-order valence-corrected chi connectivity index (χ2v) is 10.6. The molecule has 0 N–H and O–H groups in total. The molecule has 0 bridgehead atoms. The number of furan rings is 1. The second kappa shape index (κ2) is 11.7. The van der Waals surface area contributed by atoms with Gasteiger partial charge in [0, 0.05) is 11.8 Å². The minimum absolute atomic E-state index is 0.134. The first-order valence-corrected chi connectivity index (χ1v) is 13.2. The minimum atomic E-state index is -0.488. The standard InChI is InChI=1S/C33H38O4/c1-6-26(27-13-16-31(23(2)18-27)36-22-33(4,5)24(3)34)12-14-30-20-28-19-29(15-17-32(28)37-30)35-21-25-10-8-7-9-11-25/h7-11,13,15-20,26H,6,12,14,21-22H2,1-5H3. The monoisotopic (exact) mass is 498 g/mol. The van der Waals surface area contributed by atoms with Gasteiger partial charge in [0.2, 0.25) is 0 Å². The highest BCUT2D eigenvalue weighted by Gasteiger charge is 2.25. The smallest absolute Gasteiger partial charge is 0.138 e. The van der Waals surface area contributed by atoms with Crippen LogP contribution in [-0.4, -0.2) is 12.4 Å². The summed E-state index contributed by atoms with van der Waals surface area (Å²) < 4.78 is 18.1. The average molecular weight is 499 g/mol. The van der Waals surface area contributed by atoms with Gasteiger partial charge in [0.1, 0.15) is 41.8 Å². The molecule has 1 unspecified atom stereocenters. The number of ketones is 1. The van der Waals surface area contributed by atoms with Gasteiger partial charge in [-0.05, 0) is 93.5 Å². The molecule has 0 amide bonds. The molecule has 0 saturated heterocycles. The van der Waals surface area contributed by atoms with Crippen LogP contribution in [0.1, 0.15) is 68.9 Å². The van der Waals surface area contributed by atoms with Crippen LogP contribution >= 0.6 is 0 Å². The quantitative estimate of drug-likeness (QED) is 0.197. The minimum Gasteiger partial charge on any atom is -0.492 e. The first-order chi connectivity index (χ1) is 17.7. The van der Waals surface area contributed by atoms with Crippen molar-refractivity contribution in [2.24, 2.45) is 5.41 Å². The lowest BCUT2D eigenvalue weighted by molar-refractivity contribution is -0.126. The Morgan fingerprint density at radius 1 is 0.973 bits per heavy atom. The normalized spacial score (nSPS) is 12.5. The molecule has 0 aliphatic rings. The Morgan fingerprint density at radius 2 is 1.76 bits per heavy atom. The van der Waals surface area contributed by atoms with Gasteiger partial charge in [-0.1, -0.05) is 49.4 Å². The lowest BCUT2D eigenvalue weighted by Crippen LogP contribution is -2.29. The van der Waals surface area contributed by atoms with E-state index in [1.54, 1.807) is 6.92 Å². The van der Waals surface area contributed by atoms with Gasteiger partial charge < -0.3 is 13.9 Å². The Kier molecular flexibility index (Phi) is 8.38. The summed E-state index contributed by atoms with van der Waals surface area (Å²) in [6, 6.07) is 24.8. The van der Waals surface area contributed by atoms with Crippen molar-refractivity contribution in [1.82, 2.24) is 0 Å². The van der Waals surface area contributed by atoms with Crippen molar-refractivity contribution in [3.8, 4) is 11.5 Å². The highest BCUT2D eigenvalue weighted by atomic mass is 16.5. The molecule has 4 rings (SSSR count). The molecule has 0 aliphatic heterocycles. The number of hydrogen-bond donors (Lipinski definition) is 0. The number of ether oxygens (including phenoxy) is 2. The fraction of sp³-hybridized carbons (Fsp3) is 0.364.